The van der Waals surface area contributed by atoms with E-state index in [0.29, 0.717) is 23.7 Å². The molecular weight excluding hydrogens is 270 g/mol. The minimum absolute atomic E-state index is 0.330. The molecule has 4 N–H and O–H groups in total. The van der Waals surface area contributed by atoms with Gasteiger partial charge in [0.25, 0.3) is 0 Å². The van der Waals surface area contributed by atoms with Crippen molar-refractivity contribution >= 4 is 5.84 Å². The van der Waals surface area contributed by atoms with Crippen molar-refractivity contribution in [3.8, 4) is 11.8 Å². The predicted octanol–water partition coefficient (Wildman–Crippen LogP) is -0.452. The molecule has 0 fully saturated rings. The SMILES string of the molecule is OCC1=C(NC2=CC=CC(O)C2)N=C2C#CC=CN2C1O. The summed E-state index contributed by atoms with van der Waals surface area (Å²) in [6.07, 6.45) is 7.35. The Labute approximate surface area is 122 Å². The smallest absolute Gasteiger partial charge is 0.189 e. The van der Waals surface area contributed by atoms with Gasteiger partial charge in [0, 0.05) is 30.0 Å². The van der Waals surface area contributed by atoms with Crippen molar-refractivity contribution in [3.63, 3.8) is 0 Å². The number of aliphatic hydroxyl groups is 3. The van der Waals surface area contributed by atoms with Crippen molar-refractivity contribution in [3.05, 3.63) is 47.6 Å². The van der Waals surface area contributed by atoms with Gasteiger partial charge in [0.2, 0.25) is 0 Å². The third kappa shape index (κ3) is 2.62. The van der Waals surface area contributed by atoms with Gasteiger partial charge in [-0.3, -0.25) is 4.90 Å². The van der Waals surface area contributed by atoms with Crippen molar-refractivity contribution in [2.24, 2.45) is 4.99 Å². The van der Waals surface area contributed by atoms with Crippen LogP contribution >= 0.6 is 0 Å². The maximum atomic E-state index is 10.3. The van der Waals surface area contributed by atoms with Gasteiger partial charge in [-0.25, -0.2) is 4.99 Å². The molecule has 0 saturated carbocycles. The molecule has 2 atom stereocenters. The number of rotatable bonds is 3. The molecule has 2 unspecified atom stereocenters. The Hall–Kier alpha value is -2.33. The first-order chi connectivity index (χ1) is 10.2. The summed E-state index contributed by atoms with van der Waals surface area (Å²) in [4.78, 5) is 5.84. The normalized spacial score (nSPS) is 26.7. The Bertz CT molecular complexity index is 661. The number of nitrogens with one attached hydrogen (secondary N) is 1. The molecule has 0 aromatic rings. The summed E-state index contributed by atoms with van der Waals surface area (Å²) in [5.74, 6) is 6.37. The maximum Gasteiger partial charge on any atom is 0.189 e. The number of amidine groups is 1. The highest BCUT2D eigenvalue weighted by Crippen LogP contribution is 2.22. The third-order valence-electron chi connectivity index (χ3n) is 3.35. The molecule has 1 aliphatic carbocycles. The zero-order valence-corrected chi connectivity index (χ0v) is 11.2. The lowest BCUT2D eigenvalue weighted by Crippen LogP contribution is -2.43. The Balaban J connectivity index is 1.91. The summed E-state index contributed by atoms with van der Waals surface area (Å²) in [6.45, 7) is -0.330. The fourth-order valence-electron chi connectivity index (χ4n) is 2.28. The first-order valence-corrected chi connectivity index (χ1v) is 6.58. The summed E-state index contributed by atoms with van der Waals surface area (Å²) >= 11 is 0. The van der Waals surface area contributed by atoms with Crippen LogP contribution in [0.2, 0.25) is 0 Å². The van der Waals surface area contributed by atoms with Crippen molar-refractivity contribution in [1.82, 2.24) is 10.2 Å². The lowest BCUT2D eigenvalue weighted by atomic mass is 10.1. The van der Waals surface area contributed by atoms with Crippen LogP contribution in [0.5, 0.6) is 0 Å². The van der Waals surface area contributed by atoms with Gasteiger partial charge in [0.1, 0.15) is 5.82 Å². The van der Waals surface area contributed by atoms with Gasteiger partial charge in [0.05, 0.1) is 12.7 Å². The summed E-state index contributed by atoms with van der Waals surface area (Å²) in [5, 5.41) is 32.5. The highest BCUT2D eigenvalue weighted by Gasteiger charge is 2.29. The van der Waals surface area contributed by atoms with Crippen LogP contribution in [0, 0.1) is 11.8 Å². The van der Waals surface area contributed by atoms with Crippen molar-refractivity contribution < 1.29 is 15.3 Å². The van der Waals surface area contributed by atoms with Gasteiger partial charge < -0.3 is 20.6 Å². The molecule has 0 amide bonds. The van der Waals surface area contributed by atoms with E-state index >= 15 is 0 Å². The number of hydrogen-bond acceptors (Lipinski definition) is 6. The summed E-state index contributed by atoms with van der Waals surface area (Å²) in [7, 11) is 0. The monoisotopic (exact) mass is 285 g/mol. The van der Waals surface area contributed by atoms with E-state index in [4.69, 9.17) is 0 Å². The average Bonchev–Trinajstić information content (AvgIpc) is 2.48. The van der Waals surface area contributed by atoms with Crippen molar-refractivity contribution in [2.45, 2.75) is 18.8 Å². The van der Waals surface area contributed by atoms with E-state index in [0.717, 1.165) is 5.70 Å². The number of allylic oxidation sites excluding steroid dienone is 3. The third-order valence-corrected chi connectivity index (χ3v) is 3.35. The standard InChI is InChI=1S/C15H15N3O3/c19-9-12-14(16-10-4-3-5-11(20)8-10)17-13-6-1-2-7-18(13)15(12)21/h2-5,7,11,15-16,19-21H,8-9H2. The van der Waals surface area contributed by atoms with Gasteiger partial charge in [-0.15, -0.1) is 0 Å². The minimum Gasteiger partial charge on any atom is -0.392 e. The molecule has 0 aromatic carbocycles. The summed E-state index contributed by atoms with van der Waals surface area (Å²) in [5.41, 5.74) is 1.12. The molecule has 0 aromatic heterocycles. The lowest BCUT2D eigenvalue weighted by Gasteiger charge is -2.32. The highest BCUT2D eigenvalue weighted by molar-refractivity contribution is 6.01. The predicted molar refractivity (Wildman–Crippen MR) is 77.3 cm³/mol. The number of hydrogen-bond donors (Lipinski definition) is 4. The van der Waals surface area contributed by atoms with Crippen LogP contribution < -0.4 is 5.32 Å². The Morgan fingerprint density at radius 3 is 3.05 bits per heavy atom. The number of aliphatic hydroxyl groups excluding tert-OH is 3. The zero-order valence-electron chi connectivity index (χ0n) is 11.2. The minimum atomic E-state index is -1.01. The van der Waals surface area contributed by atoms with E-state index < -0.39 is 12.3 Å². The molecule has 2 heterocycles. The first kappa shape index (κ1) is 13.6. The maximum absolute atomic E-state index is 10.3. The van der Waals surface area contributed by atoms with E-state index in [-0.39, 0.29) is 6.61 Å². The molecule has 0 spiro atoms. The second-order valence-electron chi connectivity index (χ2n) is 4.81. The molecule has 6 nitrogen and oxygen atoms in total. The van der Waals surface area contributed by atoms with E-state index in [1.54, 1.807) is 24.4 Å². The Kier molecular flexibility index (Phi) is 3.62. The molecule has 3 rings (SSSR count). The first-order valence-electron chi connectivity index (χ1n) is 6.58. The van der Waals surface area contributed by atoms with Crippen LogP contribution in [-0.4, -0.2) is 45.0 Å². The molecular formula is C15H15N3O3. The van der Waals surface area contributed by atoms with Gasteiger partial charge >= 0.3 is 0 Å². The summed E-state index contributed by atoms with van der Waals surface area (Å²) < 4.78 is 0. The van der Waals surface area contributed by atoms with E-state index in [2.05, 4.69) is 22.2 Å². The Morgan fingerprint density at radius 1 is 1.43 bits per heavy atom. The van der Waals surface area contributed by atoms with Gasteiger partial charge in [0.15, 0.2) is 12.1 Å². The van der Waals surface area contributed by atoms with Crippen molar-refractivity contribution in [2.75, 3.05) is 6.61 Å². The largest absolute Gasteiger partial charge is 0.392 e. The van der Waals surface area contributed by atoms with Crippen molar-refractivity contribution in [1.29, 1.82) is 0 Å². The molecule has 108 valence electrons. The number of fused-ring (bicyclic) bond motifs is 1. The van der Waals surface area contributed by atoms with Crippen LogP contribution in [0.3, 0.4) is 0 Å². The van der Waals surface area contributed by atoms with Crippen LogP contribution in [0.4, 0.5) is 0 Å². The van der Waals surface area contributed by atoms with Crippen LogP contribution in [0.15, 0.2) is 52.6 Å². The van der Waals surface area contributed by atoms with Gasteiger partial charge in [-0.05, 0) is 12.0 Å². The number of nitrogens with zero attached hydrogens (tertiary/aromatic N) is 2. The van der Waals surface area contributed by atoms with Crippen LogP contribution in [0.1, 0.15) is 6.42 Å². The molecule has 3 aliphatic rings. The fraction of sp³-hybridized carbons (Fsp3) is 0.267. The van der Waals surface area contributed by atoms with Gasteiger partial charge in [-0.2, -0.15) is 0 Å². The average molecular weight is 285 g/mol. The molecule has 0 radical (unpaired) electrons. The van der Waals surface area contributed by atoms with E-state index in [9.17, 15) is 15.3 Å². The molecule has 0 bridgehead atoms. The molecule has 0 saturated heterocycles. The number of aliphatic imine (C=N–C) groups is 1. The lowest BCUT2D eigenvalue weighted by molar-refractivity contribution is 0.0986. The highest BCUT2D eigenvalue weighted by atomic mass is 16.3. The molecule has 2 aliphatic heterocycles. The molecule has 21 heavy (non-hydrogen) atoms. The van der Waals surface area contributed by atoms with Crippen LogP contribution in [-0.2, 0) is 0 Å². The quantitative estimate of drug-likeness (QED) is 0.527. The van der Waals surface area contributed by atoms with Crippen LogP contribution in [0.25, 0.3) is 0 Å². The molecule has 6 heteroatoms. The fourth-order valence-corrected chi connectivity index (χ4v) is 2.28. The second kappa shape index (κ2) is 5.58. The Morgan fingerprint density at radius 2 is 2.29 bits per heavy atom. The van der Waals surface area contributed by atoms with E-state index in [1.165, 1.54) is 4.90 Å². The second-order valence-corrected chi connectivity index (χ2v) is 4.81. The van der Waals surface area contributed by atoms with E-state index in [1.807, 2.05) is 6.08 Å². The van der Waals surface area contributed by atoms with Gasteiger partial charge in [-0.1, -0.05) is 18.1 Å². The zero-order chi connectivity index (χ0) is 14.8. The topological polar surface area (TPSA) is 88.3 Å². The summed E-state index contributed by atoms with van der Waals surface area (Å²) in [6, 6.07) is 0.